The second-order valence-corrected chi connectivity index (χ2v) is 5.81. The Labute approximate surface area is 99.8 Å². The first-order chi connectivity index (χ1) is 7.66. The van der Waals surface area contributed by atoms with E-state index in [0.717, 1.165) is 18.5 Å². The lowest BCUT2D eigenvalue weighted by molar-refractivity contribution is 0.137. The molecule has 3 heteroatoms. The second-order valence-electron chi connectivity index (χ2n) is 5.81. The fourth-order valence-electron chi connectivity index (χ4n) is 2.62. The van der Waals surface area contributed by atoms with Crippen molar-refractivity contribution >= 4 is 0 Å². The van der Waals surface area contributed by atoms with Crippen LogP contribution in [0.4, 0.5) is 0 Å². The lowest BCUT2D eigenvalue weighted by Crippen LogP contribution is -2.47. The maximum absolute atomic E-state index is 6.27. The molecule has 0 aromatic heterocycles. The first-order valence-electron chi connectivity index (χ1n) is 6.90. The summed E-state index contributed by atoms with van der Waals surface area (Å²) in [5.74, 6) is 0.737. The molecule has 3 N–H and O–H groups in total. The second kappa shape index (κ2) is 5.48. The van der Waals surface area contributed by atoms with Crippen LogP contribution in [0.2, 0.25) is 0 Å². The van der Waals surface area contributed by atoms with Crippen molar-refractivity contribution < 1.29 is 0 Å². The molecule has 2 aliphatic rings. The van der Waals surface area contributed by atoms with Crippen molar-refractivity contribution in [2.75, 3.05) is 19.6 Å². The van der Waals surface area contributed by atoms with Crippen LogP contribution in [0.25, 0.3) is 0 Å². The van der Waals surface area contributed by atoms with Crippen LogP contribution in [-0.2, 0) is 0 Å². The summed E-state index contributed by atoms with van der Waals surface area (Å²) in [7, 11) is 0. The Kier molecular flexibility index (Phi) is 4.22. The maximum atomic E-state index is 6.27. The minimum absolute atomic E-state index is 0.370. The van der Waals surface area contributed by atoms with Gasteiger partial charge in [-0.05, 0) is 58.5 Å². The highest BCUT2D eigenvalue weighted by Crippen LogP contribution is 2.22. The SMILES string of the molecule is CC(C)N1CCC(C(N)CNC2CC2)CC1. The quantitative estimate of drug-likeness (QED) is 0.738. The van der Waals surface area contributed by atoms with Crippen molar-refractivity contribution in [2.45, 2.75) is 57.7 Å². The average Bonchev–Trinajstić information content (AvgIpc) is 3.10. The van der Waals surface area contributed by atoms with Crippen LogP contribution >= 0.6 is 0 Å². The molecule has 1 aliphatic carbocycles. The molecule has 1 atom stereocenters. The van der Waals surface area contributed by atoms with E-state index in [-0.39, 0.29) is 0 Å². The molecular weight excluding hydrogens is 198 g/mol. The van der Waals surface area contributed by atoms with Gasteiger partial charge in [0.05, 0.1) is 0 Å². The van der Waals surface area contributed by atoms with Crippen LogP contribution in [0, 0.1) is 5.92 Å². The Morgan fingerprint density at radius 2 is 1.81 bits per heavy atom. The zero-order valence-corrected chi connectivity index (χ0v) is 10.8. The van der Waals surface area contributed by atoms with Gasteiger partial charge in [0.2, 0.25) is 0 Å². The van der Waals surface area contributed by atoms with Crippen molar-refractivity contribution in [1.82, 2.24) is 10.2 Å². The van der Waals surface area contributed by atoms with Crippen LogP contribution in [-0.4, -0.2) is 42.7 Å². The van der Waals surface area contributed by atoms with E-state index in [2.05, 4.69) is 24.1 Å². The molecule has 3 nitrogen and oxygen atoms in total. The maximum Gasteiger partial charge on any atom is 0.0194 e. The largest absolute Gasteiger partial charge is 0.326 e. The molecule has 0 aromatic rings. The number of nitrogens with zero attached hydrogens (tertiary/aromatic N) is 1. The standard InChI is InChI=1S/C13H27N3/c1-10(2)16-7-5-11(6-8-16)13(14)9-15-12-3-4-12/h10-13,15H,3-9,14H2,1-2H3. The average molecular weight is 225 g/mol. The van der Waals surface area contributed by atoms with Gasteiger partial charge in [-0.25, -0.2) is 0 Å². The highest BCUT2D eigenvalue weighted by molar-refractivity contribution is 4.86. The smallest absolute Gasteiger partial charge is 0.0194 e. The summed E-state index contributed by atoms with van der Waals surface area (Å²) >= 11 is 0. The summed E-state index contributed by atoms with van der Waals surface area (Å²) in [6, 6.07) is 1.86. The van der Waals surface area contributed by atoms with E-state index in [1.807, 2.05) is 0 Å². The summed E-state index contributed by atoms with van der Waals surface area (Å²) in [5, 5.41) is 3.55. The number of rotatable bonds is 5. The monoisotopic (exact) mass is 225 g/mol. The first kappa shape index (κ1) is 12.3. The predicted molar refractivity (Wildman–Crippen MR) is 68.4 cm³/mol. The fraction of sp³-hybridized carbons (Fsp3) is 1.00. The summed E-state index contributed by atoms with van der Waals surface area (Å²) in [6.07, 6.45) is 5.29. The molecule has 1 saturated heterocycles. The molecule has 1 unspecified atom stereocenters. The number of nitrogens with one attached hydrogen (secondary N) is 1. The molecule has 1 heterocycles. The van der Waals surface area contributed by atoms with Crippen molar-refractivity contribution in [1.29, 1.82) is 0 Å². The van der Waals surface area contributed by atoms with E-state index in [1.165, 1.54) is 38.8 Å². The van der Waals surface area contributed by atoms with Gasteiger partial charge in [0.15, 0.2) is 0 Å². The fourth-order valence-corrected chi connectivity index (χ4v) is 2.62. The van der Waals surface area contributed by atoms with Crippen LogP contribution < -0.4 is 11.1 Å². The minimum atomic E-state index is 0.370. The van der Waals surface area contributed by atoms with Crippen molar-refractivity contribution in [3.8, 4) is 0 Å². The van der Waals surface area contributed by atoms with Gasteiger partial charge in [-0.1, -0.05) is 0 Å². The van der Waals surface area contributed by atoms with Crippen LogP contribution in [0.3, 0.4) is 0 Å². The zero-order chi connectivity index (χ0) is 11.5. The Balaban J connectivity index is 1.66. The molecule has 1 saturated carbocycles. The molecule has 0 aromatic carbocycles. The Hall–Kier alpha value is -0.120. The molecule has 0 amide bonds. The van der Waals surface area contributed by atoms with Crippen molar-refractivity contribution in [2.24, 2.45) is 11.7 Å². The molecule has 0 radical (unpaired) electrons. The lowest BCUT2D eigenvalue weighted by atomic mass is 9.89. The summed E-state index contributed by atoms with van der Waals surface area (Å²) < 4.78 is 0. The van der Waals surface area contributed by atoms with Gasteiger partial charge >= 0.3 is 0 Å². The summed E-state index contributed by atoms with van der Waals surface area (Å²) in [5.41, 5.74) is 6.27. The van der Waals surface area contributed by atoms with Crippen LogP contribution in [0.1, 0.15) is 39.5 Å². The number of piperidine rings is 1. The van der Waals surface area contributed by atoms with Gasteiger partial charge in [-0.2, -0.15) is 0 Å². The third-order valence-electron chi connectivity index (χ3n) is 4.13. The summed E-state index contributed by atoms with van der Waals surface area (Å²) in [6.45, 7) is 8.07. The Morgan fingerprint density at radius 1 is 1.19 bits per heavy atom. The third kappa shape index (κ3) is 3.44. The Bertz CT molecular complexity index is 205. The normalized spacial score (nSPS) is 26.2. The molecule has 94 valence electrons. The van der Waals surface area contributed by atoms with Crippen molar-refractivity contribution in [3.63, 3.8) is 0 Å². The third-order valence-corrected chi connectivity index (χ3v) is 4.13. The van der Waals surface area contributed by atoms with E-state index < -0.39 is 0 Å². The summed E-state index contributed by atoms with van der Waals surface area (Å²) in [4.78, 5) is 2.57. The van der Waals surface area contributed by atoms with E-state index in [4.69, 9.17) is 5.73 Å². The molecule has 0 bridgehead atoms. The van der Waals surface area contributed by atoms with Gasteiger partial charge < -0.3 is 16.0 Å². The van der Waals surface area contributed by atoms with Gasteiger partial charge in [0.25, 0.3) is 0 Å². The number of nitrogens with two attached hydrogens (primary N) is 1. The topological polar surface area (TPSA) is 41.3 Å². The molecule has 0 spiro atoms. The number of hydrogen-bond acceptors (Lipinski definition) is 3. The number of likely N-dealkylation sites (tertiary alicyclic amines) is 1. The van der Waals surface area contributed by atoms with E-state index in [0.29, 0.717) is 12.1 Å². The Morgan fingerprint density at radius 3 is 2.31 bits per heavy atom. The van der Waals surface area contributed by atoms with Crippen LogP contribution in [0.15, 0.2) is 0 Å². The highest BCUT2D eigenvalue weighted by Gasteiger charge is 2.27. The molecule has 2 rings (SSSR count). The van der Waals surface area contributed by atoms with E-state index >= 15 is 0 Å². The lowest BCUT2D eigenvalue weighted by Gasteiger charge is -2.37. The van der Waals surface area contributed by atoms with Gasteiger partial charge in [-0.15, -0.1) is 0 Å². The van der Waals surface area contributed by atoms with E-state index in [1.54, 1.807) is 0 Å². The number of hydrogen-bond donors (Lipinski definition) is 2. The van der Waals surface area contributed by atoms with Gasteiger partial charge in [-0.3, -0.25) is 0 Å². The minimum Gasteiger partial charge on any atom is -0.326 e. The van der Waals surface area contributed by atoms with Crippen molar-refractivity contribution in [3.05, 3.63) is 0 Å². The van der Waals surface area contributed by atoms with Crippen LogP contribution in [0.5, 0.6) is 0 Å². The first-order valence-corrected chi connectivity index (χ1v) is 6.90. The molecule has 2 fully saturated rings. The molecular formula is C13H27N3. The van der Waals surface area contributed by atoms with E-state index in [9.17, 15) is 0 Å². The molecule has 1 aliphatic heterocycles. The zero-order valence-electron chi connectivity index (χ0n) is 10.8. The van der Waals surface area contributed by atoms with Gasteiger partial charge in [0.1, 0.15) is 0 Å². The highest BCUT2D eigenvalue weighted by atomic mass is 15.1. The van der Waals surface area contributed by atoms with Gasteiger partial charge in [0, 0.05) is 24.7 Å². The molecule has 16 heavy (non-hydrogen) atoms. The predicted octanol–water partition coefficient (Wildman–Crippen LogP) is 1.19.